The minimum atomic E-state index is -0.287. The van der Waals surface area contributed by atoms with Crippen LogP contribution < -0.4 is 14.8 Å². The molecule has 0 radical (unpaired) electrons. The number of hydrogen-bond acceptors (Lipinski definition) is 4. The van der Waals surface area contributed by atoms with Crippen molar-refractivity contribution in [3.63, 3.8) is 0 Å². The van der Waals surface area contributed by atoms with E-state index in [4.69, 9.17) is 9.47 Å². The SMILES string of the molecule is CCOc1cc(C=O)ccc1OCC(=O)Nc1cccc(Br)c1. The van der Waals surface area contributed by atoms with Gasteiger partial charge in [0, 0.05) is 15.7 Å². The van der Waals surface area contributed by atoms with Gasteiger partial charge in [-0.3, -0.25) is 9.59 Å². The Morgan fingerprint density at radius 2 is 2.00 bits per heavy atom. The highest BCUT2D eigenvalue weighted by molar-refractivity contribution is 9.10. The topological polar surface area (TPSA) is 64.6 Å². The van der Waals surface area contributed by atoms with Crippen LogP contribution in [0.4, 0.5) is 5.69 Å². The van der Waals surface area contributed by atoms with E-state index >= 15 is 0 Å². The summed E-state index contributed by atoms with van der Waals surface area (Å²) in [4.78, 5) is 22.7. The number of ether oxygens (including phenoxy) is 2. The van der Waals surface area contributed by atoms with Crippen molar-refractivity contribution in [1.29, 1.82) is 0 Å². The van der Waals surface area contributed by atoms with Crippen molar-refractivity contribution in [3.05, 3.63) is 52.5 Å². The minimum Gasteiger partial charge on any atom is -0.490 e. The van der Waals surface area contributed by atoms with Gasteiger partial charge in [-0.1, -0.05) is 22.0 Å². The van der Waals surface area contributed by atoms with E-state index < -0.39 is 0 Å². The molecule has 0 fully saturated rings. The molecule has 5 nitrogen and oxygen atoms in total. The number of halogens is 1. The van der Waals surface area contributed by atoms with Gasteiger partial charge in [-0.05, 0) is 43.3 Å². The summed E-state index contributed by atoms with van der Waals surface area (Å²) in [5.74, 6) is 0.569. The molecule has 0 aliphatic carbocycles. The number of rotatable bonds is 7. The van der Waals surface area contributed by atoms with Gasteiger partial charge in [0.1, 0.15) is 6.29 Å². The molecule has 0 aliphatic heterocycles. The third kappa shape index (κ3) is 5.10. The normalized spacial score (nSPS) is 10.0. The molecule has 2 aromatic rings. The van der Waals surface area contributed by atoms with Crippen LogP contribution in [0.2, 0.25) is 0 Å². The average molecular weight is 378 g/mol. The van der Waals surface area contributed by atoms with Gasteiger partial charge in [0.25, 0.3) is 5.91 Å². The fraction of sp³-hybridized carbons (Fsp3) is 0.176. The van der Waals surface area contributed by atoms with Gasteiger partial charge in [0.05, 0.1) is 6.61 Å². The molecule has 0 bridgehead atoms. The van der Waals surface area contributed by atoms with Crippen molar-refractivity contribution in [1.82, 2.24) is 0 Å². The van der Waals surface area contributed by atoms with Crippen molar-refractivity contribution in [2.24, 2.45) is 0 Å². The maximum Gasteiger partial charge on any atom is 0.262 e. The molecule has 2 rings (SSSR count). The number of hydrogen-bond donors (Lipinski definition) is 1. The maximum absolute atomic E-state index is 11.9. The summed E-state index contributed by atoms with van der Waals surface area (Å²) in [5.41, 5.74) is 1.16. The predicted molar refractivity (Wildman–Crippen MR) is 91.3 cm³/mol. The molecule has 0 aromatic heterocycles. The van der Waals surface area contributed by atoms with E-state index in [2.05, 4.69) is 21.2 Å². The van der Waals surface area contributed by atoms with Crippen LogP contribution in [0.3, 0.4) is 0 Å². The van der Waals surface area contributed by atoms with Crippen LogP contribution in [0, 0.1) is 0 Å². The van der Waals surface area contributed by atoms with Gasteiger partial charge in [-0.15, -0.1) is 0 Å². The zero-order valence-electron chi connectivity index (χ0n) is 12.5. The Labute approximate surface area is 142 Å². The Morgan fingerprint density at radius 3 is 2.70 bits per heavy atom. The second-order valence-electron chi connectivity index (χ2n) is 4.60. The van der Waals surface area contributed by atoms with Crippen LogP contribution >= 0.6 is 15.9 Å². The Kier molecular flexibility index (Phi) is 6.17. The van der Waals surface area contributed by atoms with E-state index in [0.29, 0.717) is 29.4 Å². The van der Waals surface area contributed by atoms with Crippen molar-refractivity contribution in [3.8, 4) is 11.5 Å². The number of carbonyl (C=O) groups is 2. The third-order valence-electron chi connectivity index (χ3n) is 2.87. The van der Waals surface area contributed by atoms with E-state index in [1.807, 2.05) is 19.1 Å². The molecule has 120 valence electrons. The molecule has 0 saturated carbocycles. The molecule has 0 heterocycles. The molecule has 0 saturated heterocycles. The lowest BCUT2D eigenvalue weighted by Crippen LogP contribution is -2.20. The first-order valence-electron chi connectivity index (χ1n) is 7.02. The van der Waals surface area contributed by atoms with Crippen LogP contribution in [0.5, 0.6) is 11.5 Å². The predicted octanol–water partition coefficient (Wildman–Crippen LogP) is 3.68. The van der Waals surface area contributed by atoms with Crippen LogP contribution in [0.25, 0.3) is 0 Å². The summed E-state index contributed by atoms with van der Waals surface area (Å²) in [5, 5.41) is 2.74. The van der Waals surface area contributed by atoms with Gasteiger partial charge in [0.15, 0.2) is 18.1 Å². The first-order chi connectivity index (χ1) is 11.1. The van der Waals surface area contributed by atoms with E-state index in [1.54, 1.807) is 30.3 Å². The Hall–Kier alpha value is -2.34. The quantitative estimate of drug-likeness (QED) is 0.747. The van der Waals surface area contributed by atoms with Crippen molar-refractivity contribution >= 4 is 33.8 Å². The summed E-state index contributed by atoms with van der Waals surface area (Å²) < 4.78 is 11.8. The highest BCUT2D eigenvalue weighted by Gasteiger charge is 2.09. The fourth-order valence-electron chi connectivity index (χ4n) is 1.89. The van der Waals surface area contributed by atoms with Crippen molar-refractivity contribution in [2.75, 3.05) is 18.5 Å². The fourth-order valence-corrected chi connectivity index (χ4v) is 2.29. The summed E-state index contributed by atoms with van der Waals surface area (Å²) in [6.45, 7) is 2.10. The van der Waals surface area contributed by atoms with E-state index in [9.17, 15) is 9.59 Å². The van der Waals surface area contributed by atoms with Crippen LogP contribution in [-0.2, 0) is 4.79 Å². The van der Waals surface area contributed by atoms with Gasteiger partial charge in [-0.25, -0.2) is 0 Å². The molecular weight excluding hydrogens is 362 g/mol. The second-order valence-corrected chi connectivity index (χ2v) is 5.52. The second kappa shape index (κ2) is 8.33. The molecule has 0 spiro atoms. The lowest BCUT2D eigenvalue weighted by molar-refractivity contribution is -0.118. The molecule has 2 aromatic carbocycles. The van der Waals surface area contributed by atoms with Crippen LogP contribution in [-0.4, -0.2) is 25.4 Å². The number of nitrogens with one attached hydrogen (secondary N) is 1. The van der Waals surface area contributed by atoms with Gasteiger partial charge >= 0.3 is 0 Å². The Bertz CT molecular complexity index is 703. The van der Waals surface area contributed by atoms with Gasteiger partial charge < -0.3 is 14.8 Å². The van der Waals surface area contributed by atoms with Crippen molar-refractivity contribution in [2.45, 2.75) is 6.92 Å². The molecular formula is C17H16BrNO4. The number of benzene rings is 2. The third-order valence-corrected chi connectivity index (χ3v) is 3.36. The van der Waals surface area contributed by atoms with Crippen LogP contribution in [0.15, 0.2) is 46.9 Å². The summed E-state index contributed by atoms with van der Waals surface area (Å²) >= 11 is 3.34. The lowest BCUT2D eigenvalue weighted by atomic mass is 10.2. The largest absolute Gasteiger partial charge is 0.490 e. The molecule has 0 atom stereocenters. The highest BCUT2D eigenvalue weighted by Crippen LogP contribution is 2.28. The molecule has 6 heteroatoms. The monoisotopic (exact) mass is 377 g/mol. The minimum absolute atomic E-state index is 0.160. The smallest absolute Gasteiger partial charge is 0.262 e. The number of aldehydes is 1. The van der Waals surface area contributed by atoms with E-state index in [0.717, 1.165) is 10.8 Å². The van der Waals surface area contributed by atoms with Gasteiger partial charge in [0.2, 0.25) is 0 Å². The number of amides is 1. The molecule has 1 N–H and O–H groups in total. The number of anilines is 1. The van der Waals surface area contributed by atoms with E-state index in [1.165, 1.54) is 0 Å². The first-order valence-corrected chi connectivity index (χ1v) is 7.82. The lowest BCUT2D eigenvalue weighted by Gasteiger charge is -2.12. The van der Waals surface area contributed by atoms with Crippen LogP contribution in [0.1, 0.15) is 17.3 Å². The Balaban J connectivity index is 1.99. The van der Waals surface area contributed by atoms with Crippen molar-refractivity contribution < 1.29 is 19.1 Å². The Morgan fingerprint density at radius 1 is 1.17 bits per heavy atom. The highest BCUT2D eigenvalue weighted by atomic mass is 79.9. The summed E-state index contributed by atoms with van der Waals surface area (Å²) in [7, 11) is 0. The molecule has 0 unspecified atom stereocenters. The maximum atomic E-state index is 11.9. The summed E-state index contributed by atoms with van der Waals surface area (Å²) in [6, 6.07) is 12.1. The number of carbonyl (C=O) groups excluding carboxylic acids is 2. The summed E-state index contributed by atoms with van der Waals surface area (Å²) in [6.07, 6.45) is 0.728. The first kappa shape index (κ1) is 17.0. The molecule has 1 amide bonds. The average Bonchev–Trinajstić information content (AvgIpc) is 2.54. The zero-order chi connectivity index (χ0) is 16.7. The van der Waals surface area contributed by atoms with E-state index in [-0.39, 0.29) is 12.5 Å². The molecule has 0 aliphatic rings. The van der Waals surface area contributed by atoms with Gasteiger partial charge in [-0.2, -0.15) is 0 Å². The standard InChI is InChI=1S/C17H16BrNO4/c1-2-22-16-8-12(10-20)6-7-15(16)23-11-17(21)19-14-5-3-4-13(18)9-14/h3-10H,2,11H2,1H3,(H,19,21). The molecule has 23 heavy (non-hydrogen) atoms. The zero-order valence-corrected chi connectivity index (χ0v) is 14.1.